The number of nitrogen functional groups attached to an aromatic ring is 1. The average Bonchev–Trinajstić information content (AvgIpc) is 2.83. The number of nitrogens with zero attached hydrogens (tertiary/aromatic N) is 2. The molecule has 0 bridgehead atoms. The molecule has 7 heteroatoms. The number of benzene rings is 1. The largest absolute Gasteiger partial charge is 0.439 e. The Morgan fingerprint density at radius 1 is 1.50 bits per heavy atom. The summed E-state index contributed by atoms with van der Waals surface area (Å²) in [6.07, 6.45) is 0. The van der Waals surface area contributed by atoms with Gasteiger partial charge in [0, 0.05) is 6.54 Å². The fourth-order valence-corrected chi connectivity index (χ4v) is 2.35. The number of ether oxygens (including phenoxy) is 1. The molecule has 3 rings (SSSR count). The molecule has 1 amide bonds. The van der Waals surface area contributed by atoms with Gasteiger partial charge in [-0.25, -0.2) is 4.98 Å². The van der Waals surface area contributed by atoms with Crippen LogP contribution in [0.15, 0.2) is 22.6 Å². The van der Waals surface area contributed by atoms with Crippen molar-refractivity contribution in [1.82, 2.24) is 9.88 Å². The van der Waals surface area contributed by atoms with Crippen molar-refractivity contribution in [3.05, 3.63) is 24.1 Å². The zero-order valence-corrected chi connectivity index (χ0v) is 10.9. The zero-order chi connectivity index (χ0) is 14.1. The lowest BCUT2D eigenvalue weighted by Crippen LogP contribution is -2.51. The van der Waals surface area contributed by atoms with Gasteiger partial charge in [-0.3, -0.25) is 9.69 Å². The number of morpholine rings is 1. The molecule has 1 atom stereocenters. The van der Waals surface area contributed by atoms with Crippen molar-refractivity contribution >= 4 is 22.7 Å². The smallest absolute Gasteiger partial charge is 0.237 e. The number of nitrogens with two attached hydrogens (primary N) is 2. The topological polar surface area (TPSA) is 108 Å². The van der Waals surface area contributed by atoms with Crippen LogP contribution >= 0.6 is 0 Å². The van der Waals surface area contributed by atoms with Crippen molar-refractivity contribution in [2.24, 2.45) is 5.73 Å². The van der Waals surface area contributed by atoms with Gasteiger partial charge in [-0.15, -0.1) is 0 Å². The Bertz CT molecular complexity index is 640. The summed E-state index contributed by atoms with van der Waals surface area (Å²) in [6, 6.07) is 4.95. The van der Waals surface area contributed by atoms with Gasteiger partial charge in [0.25, 0.3) is 0 Å². The number of amides is 1. The average molecular weight is 276 g/mol. The summed E-state index contributed by atoms with van der Waals surface area (Å²) < 4.78 is 10.9. The molecule has 4 N–H and O–H groups in total. The van der Waals surface area contributed by atoms with Gasteiger partial charge in [-0.1, -0.05) is 6.07 Å². The first-order chi connectivity index (χ1) is 9.65. The van der Waals surface area contributed by atoms with Crippen LogP contribution in [0.5, 0.6) is 0 Å². The summed E-state index contributed by atoms with van der Waals surface area (Å²) in [5, 5.41) is 0. The lowest BCUT2D eigenvalue weighted by atomic mass is 10.2. The number of fused-ring (bicyclic) bond motifs is 1. The molecule has 1 aliphatic heterocycles. The van der Waals surface area contributed by atoms with Crippen molar-refractivity contribution in [1.29, 1.82) is 0 Å². The molecule has 1 saturated heterocycles. The van der Waals surface area contributed by atoms with Crippen molar-refractivity contribution in [3.63, 3.8) is 0 Å². The van der Waals surface area contributed by atoms with Gasteiger partial charge in [0.15, 0.2) is 5.58 Å². The molecule has 1 unspecified atom stereocenters. The van der Waals surface area contributed by atoms with Crippen molar-refractivity contribution < 1.29 is 13.9 Å². The molecule has 2 heterocycles. The summed E-state index contributed by atoms with van der Waals surface area (Å²) in [5.41, 5.74) is 13.1. The SMILES string of the molecule is NC(=O)C1COCCN1Cc1nc2c(N)cccc2o1. The molecule has 1 fully saturated rings. The van der Waals surface area contributed by atoms with Gasteiger partial charge in [0.2, 0.25) is 11.8 Å². The highest BCUT2D eigenvalue weighted by Crippen LogP contribution is 2.22. The van der Waals surface area contributed by atoms with E-state index in [1.807, 2.05) is 17.0 Å². The molecule has 7 nitrogen and oxygen atoms in total. The Morgan fingerprint density at radius 2 is 2.35 bits per heavy atom. The molecule has 106 valence electrons. The highest BCUT2D eigenvalue weighted by Gasteiger charge is 2.28. The van der Waals surface area contributed by atoms with Crippen LogP contribution in [-0.4, -0.2) is 41.6 Å². The minimum absolute atomic E-state index is 0.303. The van der Waals surface area contributed by atoms with E-state index in [0.29, 0.717) is 49.0 Å². The van der Waals surface area contributed by atoms with Crippen LogP contribution in [0, 0.1) is 0 Å². The number of rotatable bonds is 3. The molecule has 1 aromatic carbocycles. The number of carbonyl (C=O) groups excluding carboxylic acids is 1. The molecular formula is C13H16N4O3. The van der Waals surface area contributed by atoms with E-state index in [0.717, 1.165) is 0 Å². The summed E-state index contributed by atoms with van der Waals surface area (Å²) in [7, 11) is 0. The van der Waals surface area contributed by atoms with Crippen LogP contribution in [-0.2, 0) is 16.1 Å². The second-order valence-corrected chi connectivity index (χ2v) is 4.77. The number of anilines is 1. The van der Waals surface area contributed by atoms with Crippen LogP contribution in [0.3, 0.4) is 0 Å². The Morgan fingerprint density at radius 3 is 3.10 bits per heavy atom. The second-order valence-electron chi connectivity index (χ2n) is 4.77. The van der Waals surface area contributed by atoms with E-state index in [4.69, 9.17) is 20.6 Å². The van der Waals surface area contributed by atoms with Crippen molar-refractivity contribution in [2.45, 2.75) is 12.6 Å². The predicted octanol–water partition coefficient (Wildman–Crippen LogP) is 0.0961. The monoisotopic (exact) mass is 276 g/mol. The van der Waals surface area contributed by atoms with E-state index in [9.17, 15) is 4.79 Å². The maximum atomic E-state index is 11.4. The Kier molecular flexibility index (Phi) is 3.29. The van der Waals surface area contributed by atoms with Gasteiger partial charge < -0.3 is 20.6 Å². The van der Waals surface area contributed by atoms with E-state index in [1.54, 1.807) is 6.07 Å². The van der Waals surface area contributed by atoms with Crippen LogP contribution in [0.2, 0.25) is 0 Å². The molecule has 1 aromatic heterocycles. The standard InChI is InChI=1S/C13H16N4O3/c14-8-2-1-3-10-12(8)16-11(20-10)6-17-4-5-19-7-9(17)13(15)18/h1-3,9H,4-7,14H2,(H2,15,18). The van der Waals surface area contributed by atoms with Crippen molar-refractivity contribution in [2.75, 3.05) is 25.5 Å². The first-order valence-electron chi connectivity index (χ1n) is 6.40. The lowest BCUT2D eigenvalue weighted by molar-refractivity contribution is -0.129. The molecular weight excluding hydrogens is 260 g/mol. The number of hydrogen-bond donors (Lipinski definition) is 2. The van der Waals surface area contributed by atoms with E-state index in [2.05, 4.69) is 4.98 Å². The minimum atomic E-state index is -0.448. The first kappa shape index (κ1) is 12.9. The van der Waals surface area contributed by atoms with Gasteiger partial charge in [0.05, 0.1) is 25.4 Å². The highest BCUT2D eigenvalue weighted by atomic mass is 16.5. The fourth-order valence-electron chi connectivity index (χ4n) is 2.35. The Labute approximate surface area is 115 Å². The third-order valence-corrected chi connectivity index (χ3v) is 3.40. The van der Waals surface area contributed by atoms with Crippen LogP contribution in [0.25, 0.3) is 11.1 Å². The second kappa shape index (κ2) is 5.10. The number of carbonyl (C=O) groups is 1. The summed E-state index contributed by atoms with van der Waals surface area (Å²) in [6.45, 7) is 1.89. The predicted molar refractivity (Wildman–Crippen MR) is 72.6 cm³/mol. The Hall–Kier alpha value is -2.12. The highest BCUT2D eigenvalue weighted by molar-refractivity contribution is 5.85. The van der Waals surface area contributed by atoms with Gasteiger partial charge in [-0.2, -0.15) is 0 Å². The molecule has 0 spiro atoms. The molecule has 20 heavy (non-hydrogen) atoms. The maximum Gasteiger partial charge on any atom is 0.237 e. The normalized spacial score (nSPS) is 20.3. The number of para-hydroxylation sites is 1. The third kappa shape index (κ3) is 2.33. The van der Waals surface area contributed by atoms with Gasteiger partial charge >= 0.3 is 0 Å². The molecule has 2 aromatic rings. The van der Waals surface area contributed by atoms with Crippen LogP contribution < -0.4 is 11.5 Å². The molecule has 0 radical (unpaired) electrons. The lowest BCUT2D eigenvalue weighted by Gasteiger charge is -2.32. The fraction of sp³-hybridized carbons (Fsp3) is 0.385. The number of hydrogen-bond acceptors (Lipinski definition) is 6. The van der Waals surface area contributed by atoms with Crippen LogP contribution in [0.1, 0.15) is 5.89 Å². The number of oxazole rings is 1. The number of aromatic nitrogens is 1. The summed E-state index contributed by atoms with van der Waals surface area (Å²) in [5.74, 6) is 0.117. The van der Waals surface area contributed by atoms with E-state index in [1.165, 1.54) is 0 Å². The van der Waals surface area contributed by atoms with Gasteiger partial charge in [-0.05, 0) is 12.1 Å². The van der Waals surface area contributed by atoms with Crippen molar-refractivity contribution in [3.8, 4) is 0 Å². The molecule has 0 saturated carbocycles. The number of primary amides is 1. The van der Waals surface area contributed by atoms with E-state index >= 15 is 0 Å². The van der Waals surface area contributed by atoms with E-state index in [-0.39, 0.29) is 0 Å². The van der Waals surface area contributed by atoms with Gasteiger partial charge in [0.1, 0.15) is 11.6 Å². The first-order valence-corrected chi connectivity index (χ1v) is 6.40. The van der Waals surface area contributed by atoms with E-state index < -0.39 is 11.9 Å². The molecule has 1 aliphatic rings. The maximum absolute atomic E-state index is 11.4. The minimum Gasteiger partial charge on any atom is -0.439 e. The van der Waals surface area contributed by atoms with Crippen LogP contribution in [0.4, 0.5) is 5.69 Å². The summed E-state index contributed by atoms with van der Waals surface area (Å²) in [4.78, 5) is 17.7. The third-order valence-electron chi connectivity index (χ3n) is 3.40. The zero-order valence-electron chi connectivity index (χ0n) is 10.9. The quantitative estimate of drug-likeness (QED) is 0.770. The Balaban J connectivity index is 1.84. The molecule has 0 aliphatic carbocycles. The summed E-state index contributed by atoms with van der Waals surface area (Å²) >= 11 is 0.